The number of piperazine rings is 1. The van der Waals surface area contributed by atoms with Crippen LogP contribution in [-0.2, 0) is 0 Å². The molecule has 8 nitrogen and oxygen atoms in total. The number of H-pyrrole nitrogens is 1. The average molecular weight is 408 g/mol. The summed E-state index contributed by atoms with van der Waals surface area (Å²) in [5.41, 5.74) is 2.67. The Kier molecular flexibility index (Phi) is 5.12. The Morgan fingerprint density at radius 2 is 1.87 bits per heavy atom. The van der Waals surface area contributed by atoms with Gasteiger partial charge in [-0.2, -0.15) is 0 Å². The maximum atomic E-state index is 13.3. The van der Waals surface area contributed by atoms with E-state index < -0.39 is 0 Å². The number of hydrogen-bond acceptors (Lipinski definition) is 6. The molecule has 0 spiro atoms. The second-order valence-corrected chi connectivity index (χ2v) is 8.81. The lowest BCUT2D eigenvalue weighted by atomic mass is 10.0. The summed E-state index contributed by atoms with van der Waals surface area (Å²) in [4.78, 5) is 21.0. The van der Waals surface area contributed by atoms with Crippen molar-refractivity contribution in [2.45, 2.75) is 44.7 Å². The van der Waals surface area contributed by atoms with Crippen molar-refractivity contribution in [1.82, 2.24) is 35.0 Å². The van der Waals surface area contributed by atoms with Gasteiger partial charge in [0.2, 0.25) is 0 Å². The number of benzene rings is 1. The highest BCUT2D eigenvalue weighted by Gasteiger charge is 2.34. The lowest BCUT2D eigenvalue weighted by molar-refractivity contribution is 0.120. The number of aryl methyl sites for hydroxylation is 1. The first-order chi connectivity index (χ1) is 14.6. The van der Waals surface area contributed by atoms with Gasteiger partial charge >= 0.3 is 0 Å². The zero-order valence-corrected chi connectivity index (χ0v) is 17.7. The van der Waals surface area contributed by atoms with Crippen molar-refractivity contribution in [2.24, 2.45) is 0 Å². The van der Waals surface area contributed by atoms with E-state index in [1.165, 1.54) is 12.8 Å². The zero-order chi connectivity index (χ0) is 20.7. The standard InChI is InChI=1S/C22H29N7O/c1-15-7-8-16-14-18(22(30)23-19(16)13-15)20(28-11-9-27(2)10-12-28)21-24-25-26-29(21)17-5-3-4-6-17/h7-8,13-14,17,20H,3-6,9-12H2,1-2H3,(H,23,30). The molecule has 2 fully saturated rings. The number of tetrazole rings is 1. The van der Waals surface area contributed by atoms with E-state index in [4.69, 9.17) is 0 Å². The number of aromatic nitrogens is 5. The van der Waals surface area contributed by atoms with Crippen molar-refractivity contribution in [3.8, 4) is 0 Å². The topological polar surface area (TPSA) is 82.9 Å². The van der Waals surface area contributed by atoms with Crippen molar-refractivity contribution in [2.75, 3.05) is 33.2 Å². The van der Waals surface area contributed by atoms with Gasteiger partial charge in [0.05, 0.1) is 6.04 Å². The first-order valence-corrected chi connectivity index (χ1v) is 10.9. The first-order valence-electron chi connectivity index (χ1n) is 10.9. The van der Waals surface area contributed by atoms with Crippen LogP contribution in [0.1, 0.15) is 54.7 Å². The molecule has 1 N–H and O–H groups in total. The van der Waals surface area contributed by atoms with Gasteiger partial charge < -0.3 is 9.88 Å². The van der Waals surface area contributed by atoms with Crippen molar-refractivity contribution >= 4 is 10.9 Å². The highest BCUT2D eigenvalue weighted by molar-refractivity contribution is 5.79. The van der Waals surface area contributed by atoms with Crippen molar-refractivity contribution in [1.29, 1.82) is 0 Å². The molecule has 1 atom stereocenters. The molecule has 30 heavy (non-hydrogen) atoms. The monoisotopic (exact) mass is 407 g/mol. The lowest BCUT2D eigenvalue weighted by Gasteiger charge is -2.37. The highest BCUT2D eigenvalue weighted by Crippen LogP contribution is 2.34. The van der Waals surface area contributed by atoms with Crippen molar-refractivity contribution in [3.63, 3.8) is 0 Å². The lowest BCUT2D eigenvalue weighted by Crippen LogP contribution is -2.47. The molecule has 1 saturated heterocycles. The fourth-order valence-electron chi connectivity index (χ4n) is 4.90. The molecule has 8 heteroatoms. The van der Waals surface area contributed by atoms with Crippen LogP contribution in [-0.4, -0.2) is 68.2 Å². The second-order valence-electron chi connectivity index (χ2n) is 8.81. The van der Waals surface area contributed by atoms with E-state index in [-0.39, 0.29) is 11.6 Å². The summed E-state index contributed by atoms with van der Waals surface area (Å²) in [5, 5.41) is 13.9. The summed E-state index contributed by atoms with van der Waals surface area (Å²) in [6.07, 6.45) is 4.61. The molecule has 1 aliphatic heterocycles. The minimum atomic E-state index is -0.247. The van der Waals surface area contributed by atoms with Crippen LogP contribution in [0.4, 0.5) is 0 Å². The molecule has 1 aliphatic carbocycles. The Balaban J connectivity index is 1.63. The third-order valence-corrected chi connectivity index (χ3v) is 6.66. The van der Waals surface area contributed by atoms with Crippen LogP contribution in [0.3, 0.4) is 0 Å². The predicted molar refractivity (Wildman–Crippen MR) is 116 cm³/mol. The van der Waals surface area contributed by atoms with Crippen LogP contribution >= 0.6 is 0 Å². The Morgan fingerprint density at radius 1 is 1.10 bits per heavy atom. The van der Waals surface area contributed by atoms with Crippen LogP contribution in [0.15, 0.2) is 29.1 Å². The summed E-state index contributed by atoms with van der Waals surface area (Å²) >= 11 is 0. The molecule has 0 amide bonds. The largest absolute Gasteiger partial charge is 0.322 e. The van der Waals surface area contributed by atoms with Crippen LogP contribution in [0.5, 0.6) is 0 Å². The Bertz CT molecular complexity index is 1090. The molecule has 1 saturated carbocycles. The van der Waals surface area contributed by atoms with Crippen molar-refractivity contribution < 1.29 is 0 Å². The summed E-state index contributed by atoms with van der Waals surface area (Å²) in [6, 6.07) is 8.29. The number of nitrogens with one attached hydrogen (secondary N) is 1. The van der Waals surface area contributed by atoms with Gasteiger partial charge in [-0.25, -0.2) is 4.68 Å². The molecule has 3 aromatic rings. The summed E-state index contributed by atoms with van der Waals surface area (Å²) in [5.74, 6) is 0.795. The van der Waals surface area contributed by atoms with E-state index in [0.29, 0.717) is 6.04 Å². The van der Waals surface area contributed by atoms with E-state index in [9.17, 15) is 4.79 Å². The molecule has 2 aromatic heterocycles. The van der Waals surface area contributed by atoms with Gasteiger partial charge in [0.1, 0.15) is 6.04 Å². The normalized spacial score (nSPS) is 20.2. The fraction of sp³-hybridized carbons (Fsp3) is 0.545. The number of hydrogen-bond donors (Lipinski definition) is 1. The summed E-state index contributed by atoms with van der Waals surface area (Å²) in [6.45, 7) is 5.72. The molecule has 0 bridgehead atoms. The average Bonchev–Trinajstić information content (AvgIpc) is 3.42. The van der Waals surface area contributed by atoms with Gasteiger partial charge in [-0.05, 0) is 60.3 Å². The summed E-state index contributed by atoms with van der Waals surface area (Å²) in [7, 11) is 2.14. The first kappa shape index (κ1) is 19.4. The Labute approximate surface area is 175 Å². The maximum Gasteiger partial charge on any atom is 0.253 e. The van der Waals surface area contributed by atoms with Crippen LogP contribution in [0, 0.1) is 6.92 Å². The van der Waals surface area contributed by atoms with Crippen LogP contribution in [0.25, 0.3) is 10.9 Å². The van der Waals surface area contributed by atoms with Gasteiger partial charge in [0.15, 0.2) is 5.82 Å². The van der Waals surface area contributed by atoms with Gasteiger partial charge in [-0.3, -0.25) is 9.69 Å². The number of aromatic amines is 1. The molecule has 1 aromatic carbocycles. The van der Waals surface area contributed by atoms with Gasteiger partial charge in [0, 0.05) is 37.3 Å². The molecule has 0 radical (unpaired) electrons. The minimum Gasteiger partial charge on any atom is -0.322 e. The quantitative estimate of drug-likeness (QED) is 0.714. The maximum absolute atomic E-state index is 13.3. The molecule has 1 unspecified atom stereocenters. The Hall–Kier alpha value is -2.58. The van der Waals surface area contributed by atoms with E-state index in [1.54, 1.807) is 0 Å². The predicted octanol–water partition coefficient (Wildman–Crippen LogP) is 2.27. The molecular weight excluding hydrogens is 378 g/mol. The van der Waals surface area contributed by atoms with E-state index >= 15 is 0 Å². The third-order valence-electron chi connectivity index (χ3n) is 6.66. The number of fused-ring (bicyclic) bond motifs is 1. The molecule has 3 heterocycles. The van der Waals surface area contributed by atoms with Gasteiger partial charge in [-0.15, -0.1) is 5.10 Å². The van der Waals surface area contributed by atoms with Gasteiger partial charge in [0.25, 0.3) is 5.56 Å². The zero-order valence-electron chi connectivity index (χ0n) is 17.7. The molecular formula is C22H29N7O. The fourth-order valence-corrected chi connectivity index (χ4v) is 4.90. The van der Waals surface area contributed by atoms with Crippen molar-refractivity contribution in [3.05, 3.63) is 51.6 Å². The Morgan fingerprint density at radius 3 is 2.63 bits per heavy atom. The summed E-state index contributed by atoms with van der Waals surface area (Å²) < 4.78 is 1.99. The molecule has 158 valence electrons. The smallest absolute Gasteiger partial charge is 0.253 e. The highest BCUT2D eigenvalue weighted by atomic mass is 16.1. The number of rotatable bonds is 4. The van der Waals surface area contributed by atoms with Crippen LogP contribution in [0.2, 0.25) is 0 Å². The second kappa shape index (κ2) is 7.92. The van der Waals surface area contributed by atoms with E-state index in [1.807, 2.05) is 23.7 Å². The van der Waals surface area contributed by atoms with E-state index in [0.717, 1.165) is 66.9 Å². The van der Waals surface area contributed by atoms with Gasteiger partial charge in [-0.1, -0.05) is 25.0 Å². The number of pyridine rings is 1. The minimum absolute atomic E-state index is 0.0574. The number of nitrogens with zero attached hydrogens (tertiary/aromatic N) is 6. The molecule has 2 aliphatic rings. The third kappa shape index (κ3) is 3.54. The SMILES string of the molecule is Cc1ccc2cc(C(c3nnnn3C3CCCC3)N3CCN(C)CC3)c(=O)[nH]c2c1. The van der Waals surface area contributed by atoms with Crippen LogP contribution < -0.4 is 5.56 Å². The molecule has 5 rings (SSSR count). The van der Waals surface area contributed by atoms with E-state index in [2.05, 4.69) is 49.5 Å². The number of likely N-dealkylation sites (N-methyl/N-ethyl adjacent to an activating group) is 1.